The molecule has 3 nitrogen and oxygen atoms in total. The first kappa shape index (κ1) is 9.61. The van der Waals surface area contributed by atoms with E-state index < -0.39 is 0 Å². The third kappa shape index (κ3) is 2.25. The number of aromatic nitrogens is 2. The van der Waals surface area contributed by atoms with Crippen LogP contribution in [0.2, 0.25) is 0 Å². The van der Waals surface area contributed by atoms with Gasteiger partial charge in [-0.25, -0.2) is 4.98 Å². The van der Waals surface area contributed by atoms with E-state index in [4.69, 9.17) is 5.73 Å². The number of nitrogens with two attached hydrogens (primary N) is 1. The summed E-state index contributed by atoms with van der Waals surface area (Å²) < 4.78 is 0. The lowest BCUT2D eigenvalue weighted by Crippen LogP contribution is -2.12. The number of nitrogens with one attached hydrogen (secondary N) is 1. The number of aryl methyl sites for hydroxylation is 2. The molecule has 0 aliphatic rings. The molecule has 0 bridgehead atoms. The molecule has 0 radical (unpaired) electrons. The van der Waals surface area contributed by atoms with Gasteiger partial charge in [0.15, 0.2) is 5.16 Å². The van der Waals surface area contributed by atoms with Gasteiger partial charge in [0.25, 0.3) is 0 Å². The second-order valence-electron chi connectivity index (χ2n) is 2.92. The maximum Gasteiger partial charge on any atom is 0.166 e. The van der Waals surface area contributed by atoms with Crippen LogP contribution in [0.4, 0.5) is 0 Å². The van der Waals surface area contributed by atoms with Crippen LogP contribution >= 0.6 is 11.8 Å². The van der Waals surface area contributed by atoms with Gasteiger partial charge < -0.3 is 10.7 Å². The first-order valence-electron chi connectivity index (χ1n) is 4.03. The second kappa shape index (κ2) is 3.96. The summed E-state index contributed by atoms with van der Waals surface area (Å²) in [4.78, 5) is 7.56. The summed E-state index contributed by atoms with van der Waals surface area (Å²) in [5.41, 5.74) is 7.71. The molecule has 1 aromatic heterocycles. The SMILES string of the molecule is Cc1nc(SC(C)CN)[nH]c1C. The maximum absolute atomic E-state index is 5.50. The molecule has 3 N–H and O–H groups in total. The van der Waals surface area contributed by atoms with E-state index in [1.165, 1.54) is 0 Å². The van der Waals surface area contributed by atoms with E-state index in [1.54, 1.807) is 11.8 Å². The highest BCUT2D eigenvalue weighted by atomic mass is 32.2. The molecule has 0 saturated carbocycles. The summed E-state index contributed by atoms with van der Waals surface area (Å²) in [7, 11) is 0. The summed E-state index contributed by atoms with van der Waals surface area (Å²) >= 11 is 1.69. The molecule has 68 valence electrons. The van der Waals surface area contributed by atoms with Gasteiger partial charge in [-0.05, 0) is 13.8 Å². The van der Waals surface area contributed by atoms with Crippen LogP contribution in [0.25, 0.3) is 0 Å². The van der Waals surface area contributed by atoms with E-state index in [1.807, 2.05) is 13.8 Å². The minimum atomic E-state index is 0.426. The van der Waals surface area contributed by atoms with Crippen molar-refractivity contribution >= 4 is 11.8 Å². The Kier molecular flexibility index (Phi) is 3.17. The summed E-state index contributed by atoms with van der Waals surface area (Å²) in [6, 6.07) is 0. The Balaban J connectivity index is 2.64. The number of aromatic amines is 1. The van der Waals surface area contributed by atoms with Gasteiger partial charge in [-0.15, -0.1) is 0 Å². The molecular weight excluding hydrogens is 170 g/mol. The average molecular weight is 185 g/mol. The number of rotatable bonds is 3. The molecule has 0 aromatic carbocycles. The fourth-order valence-corrected chi connectivity index (χ4v) is 1.69. The van der Waals surface area contributed by atoms with Crippen molar-refractivity contribution < 1.29 is 0 Å². The molecule has 0 amide bonds. The van der Waals surface area contributed by atoms with Crippen molar-refractivity contribution in [2.75, 3.05) is 6.54 Å². The smallest absolute Gasteiger partial charge is 0.166 e. The molecule has 0 saturated heterocycles. The predicted octanol–water partition coefficient (Wildman–Crippen LogP) is 1.47. The van der Waals surface area contributed by atoms with Crippen molar-refractivity contribution in [1.29, 1.82) is 0 Å². The first-order chi connectivity index (χ1) is 5.63. The van der Waals surface area contributed by atoms with Crippen molar-refractivity contribution in [1.82, 2.24) is 9.97 Å². The lowest BCUT2D eigenvalue weighted by atomic mass is 10.4. The third-order valence-electron chi connectivity index (χ3n) is 1.75. The van der Waals surface area contributed by atoms with E-state index in [2.05, 4.69) is 16.9 Å². The molecule has 0 spiro atoms. The predicted molar refractivity (Wildman–Crippen MR) is 52.4 cm³/mol. The zero-order chi connectivity index (χ0) is 9.14. The molecule has 0 aliphatic carbocycles. The Morgan fingerprint density at radius 1 is 1.58 bits per heavy atom. The first-order valence-corrected chi connectivity index (χ1v) is 4.91. The monoisotopic (exact) mass is 185 g/mol. The maximum atomic E-state index is 5.50. The van der Waals surface area contributed by atoms with Gasteiger partial charge >= 0.3 is 0 Å². The van der Waals surface area contributed by atoms with Crippen LogP contribution in [0.3, 0.4) is 0 Å². The van der Waals surface area contributed by atoms with Gasteiger partial charge in [0.1, 0.15) is 0 Å². The molecule has 4 heteroatoms. The van der Waals surface area contributed by atoms with Crippen molar-refractivity contribution in [3.05, 3.63) is 11.4 Å². The van der Waals surface area contributed by atoms with Gasteiger partial charge in [0.2, 0.25) is 0 Å². The molecule has 12 heavy (non-hydrogen) atoms. The number of hydrogen-bond acceptors (Lipinski definition) is 3. The number of thioether (sulfide) groups is 1. The minimum Gasteiger partial charge on any atom is -0.337 e. The average Bonchev–Trinajstić information content (AvgIpc) is 2.31. The van der Waals surface area contributed by atoms with E-state index in [-0.39, 0.29) is 0 Å². The Labute approximate surface area is 77.1 Å². The fourth-order valence-electron chi connectivity index (χ4n) is 0.809. The van der Waals surface area contributed by atoms with Crippen LogP contribution in [-0.2, 0) is 0 Å². The second-order valence-corrected chi connectivity index (χ2v) is 4.34. The molecule has 0 fully saturated rings. The molecule has 0 aliphatic heterocycles. The highest BCUT2D eigenvalue weighted by Gasteiger charge is 2.06. The van der Waals surface area contributed by atoms with Crippen molar-refractivity contribution in [3.8, 4) is 0 Å². The molecule has 1 rings (SSSR count). The van der Waals surface area contributed by atoms with Crippen molar-refractivity contribution in [2.24, 2.45) is 5.73 Å². The Morgan fingerprint density at radius 2 is 2.25 bits per heavy atom. The summed E-state index contributed by atoms with van der Waals surface area (Å²) in [6.45, 7) is 6.81. The normalized spacial score (nSPS) is 13.3. The van der Waals surface area contributed by atoms with Gasteiger partial charge in [-0.3, -0.25) is 0 Å². The summed E-state index contributed by atoms with van der Waals surface area (Å²) in [5.74, 6) is 0. The molecule has 1 atom stereocenters. The van der Waals surface area contributed by atoms with Gasteiger partial charge in [0, 0.05) is 17.5 Å². The fraction of sp³-hybridized carbons (Fsp3) is 0.625. The minimum absolute atomic E-state index is 0.426. The molecule has 1 heterocycles. The summed E-state index contributed by atoms with van der Waals surface area (Å²) in [5, 5.41) is 1.40. The molecule has 1 unspecified atom stereocenters. The highest BCUT2D eigenvalue weighted by molar-refractivity contribution is 7.99. The summed E-state index contributed by atoms with van der Waals surface area (Å²) in [6.07, 6.45) is 0. The van der Waals surface area contributed by atoms with Crippen LogP contribution in [-0.4, -0.2) is 21.8 Å². The highest BCUT2D eigenvalue weighted by Crippen LogP contribution is 2.20. The number of H-pyrrole nitrogens is 1. The number of hydrogen-bond donors (Lipinski definition) is 2. The number of nitrogens with zero attached hydrogens (tertiary/aromatic N) is 1. The largest absolute Gasteiger partial charge is 0.337 e. The van der Waals surface area contributed by atoms with E-state index >= 15 is 0 Å². The quantitative estimate of drug-likeness (QED) is 0.701. The van der Waals surface area contributed by atoms with E-state index in [0.717, 1.165) is 16.5 Å². The van der Waals surface area contributed by atoms with Crippen molar-refractivity contribution in [2.45, 2.75) is 31.2 Å². The van der Waals surface area contributed by atoms with Crippen LogP contribution in [0.1, 0.15) is 18.3 Å². The van der Waals surface area contributed by atoms with Crippen LogP contribution < -0.4 is 5.73 Å². The Bertz CT molecular complexity index is 237. The number of imidazole rings is 1. The van der Waals surface area contributed by atoms with Crippen molar-refractivity contribution in [3.63, 3.8) is 0 Å². The van der Waals surface area contributed by atoms with Gasteiger partial charge in [-0.1, -0.05) is 18.7 Å². The Morgan fingerprint density at radius 3 is 2.67 bits per heavy atom. The van der Waals surface area contributed by atoms with Gasteiger partial charge in [0.05, 0.1) is 5.69 Å². The standard InChI is InChI=1S/C8H15N3S/c1-5(4-9)12-8-10-6(2)7(3)11-8/h5H,4,9H2,1-3H3,(H,10,11). The zero-order valence-electron chi connectivity index (χ0n) is 7.72. The lowest BCUT2D eigenvalue weighted by Gasteiger charge is -2.03. The van der Waals surface area contributed by atoms with E-state index in [9.17, 15) is 0 Å². The third-order valence-corrected chi connectivity index (χ3v) is 2.76. The molecular formula is C8H15N3S. The lowest BCUT2D eigenvalue weighted by molar-refractivity contribution is 0.933. The van der Waals surface area contributed by atoms with Crippen LogP contribution in [0.15, 0.2) is 5.16 Å². The Hall–Kier alpha value is -0.480. The van der Waals surface area contributed by atoms with Gasteiger partial charge in [-0.2, -0.15) is 0 Å². The zero-order valence-corrected chi connectivity index (χ0v) is 8.53. The molecule has 1 aromatic rings. The van der Waals surface area contributed by atoms with E-state index in [0.29, 0.717) is 11.8 Å². The van der Waals surface area contributed by atoms with Crippen LogP contribution in [0.5, 0.6) is 0 Å². The topological polar surface area (TPSA) is 54.7 Å². The van der Waals surface area contributed by atoms with Crippen LogP contribution in [0, 0.1) is 13.8 Å².